The van der Waals surface area contributed by atoms with Gasteiger partial charge in [0.1, 0.15) is 18.6 Å². The fraction of sp³-hybridized carbons (Fsp3) is 0.600. The molecule has 0 aliphatic rings. The summed E-state index contributed by atoms with van der Waals surface area (Å²) in [5.74, 6) is -3.70. The van der Waals surface area contributed by atoms with Crippen LogP contribution in [-0.2, 0) is 19.2 Å². The molecule has 2 amide bonds. The van der Waals surface area contributed by atoms with Gasteiger partial charge in [-0.3, -0.25) is 19.2 Å². The van der Waals surface area contributed by atoms with E-state index >= 15 is 0 Å². The Bertz CT molecular complexity index is 395. The molecule has 0 bridgehead atoms. The number of carbonyl (C=O) groups excluding carboxylic acids is 2. The van der Waals surface area contributed by atoms with E-state index in [1.165, 1.54) is 0 Å². The number of nitrogens with two attached hydrogens (primary N) is 1. The van der Waals surface area contributed by atoms with E-state index in [2.05, 4.69) is 23.3 Å². The molecule has 0 spiro atoms. The Morgan fingerprint density at radius 1 is 1.19 bits per heavy atom. The summed E-state index contributed by atoms with van der Waals surface area (Å²) in [7, 11) is 0. The zero-order chi connectivity index (χ0) is 15.7. The van der Waals surface area contributed by atoms with Gasteiger partial charge >= 0.3 is 29.0 Å². The van der Waals surface area contributed by atoms with Crippen LogP contribution in [0.25, 0.3) is 0 Å². The van der Waals surface area contributed by atoms with E-state index in [1.807, 2.05) is 0 Å². The van der Waals surface area contributed by atoms with Gasteiger partial charge in [-0.2, -0.15) is 12.6 Å². The number of hydrogen-bond donors (Lipinski definition) is 6. The molecule has 0 aromatic heterocycles. The third kappa shape index (κ3) is 10.1. The quantitative estimate of drug-likeness (QED) is 0.180. The van der Waals surface area contributed by atoms with E-state index in [-0.39, 0.29) is 35.7 Å². The first-order chi connectivity index (χ1) is 9.27. The van der Waals surface area contributed by atoms with Gasteiger partial charge in [-0.05, 0) is 6.42 Å². The SMILES string of the molecule is NC(CCC(=O)NC(CS)C(=O)NCC(=O)O)C(=O)O.[SeH2]. The maximum absolute atomic E-state index is 11.5. The van der Waals surface area contributed by atoms with Gasteiger partial charge in [0.25, 0.3) is 0 Å². The number of carboxylic acid groups (broad SMARTS) is 2. The summed E-state index contributed by atoms with van der Waals surface area (Å²) < 4.78 is 0. The molecule has 11 heteroatoms. The molecule has 0 aromatic carbocycles. The summed E-state index contributed by atoms with van der Waals surface area (Å²) in [6, 6.07) is -2.15. The molecule has 21 heavy (non-hydrogen) atoms. The standard InChI is InChI=1S/C10H17N3O6S.H2Se/c11-5(10(18)19)1-2-7(14)13-6(4-20)9(17)12-3-8(15)16;/h5-6,20H,1-4,11H2,(H,12,17)(H,13,14)(H,15,16)(H,18,19);1H2. The number of amides is 2. The number of carbonyl (C=O) groups is 4. The van der Waals surface area contributed by atoms with Crippen LogP contribution < -0.4 is 16.4 Å². The van der Waals surface area contributed by atoms with Crippen LogP contribution in [0.5, 0.6) is 0 Å². The van der Waals surface area contributed by atoms with Gasteiger partial charge in [0.05, 0.1) is 0 Å². The average Bonchev–Trinajstić information content (AvgIpc) is 2.38. The van der Waals surface area contributed by atoms with Crippen LogP contribution in [0.1, 0.15) is 12.8 Å². The molecular weight excluding hydrogens is 369 g/mol. The van der Waals surface area contributed by atoms with Crippen molar-refractivity contribution in [2.75, 3.05) is 12.3 Å². The van der Waals surface area contributed by atoms with E-state index < -0.39 is 42.4 Å². The van der Waals surface area contributed by atoms with Crippen LogP contribution in [0.4, 0.5) is 0 Å². The van der Waals surface area contributed by atoms with Gasteiger partial charge < -0.3 is 26.6 Å². The van der Waals surface area contributed by atoms with Crippen molar-refractivity contribution in [1.82, 2.24) is 10.6 Å². The molecule has 0 aromatic rings. The van der Waals surface area contributed by atoms with E-state index in [1.54, 1.807) is 0 Å². The number of nitrogens with one attached hydrogen (secondary N) is 2. The van der Waals surface area contributed by atoms with Gasteiger partial charge in [-0.25, -0.2) is 0 Å². The molecule has 2 unspecified atom stereocenters. The van der Waals surface area contributed by atoms with Crippen molar-refractivity contribution in [3.8, 4) is 0 Å². The first-order valence-corrected chi connectivity index (χ1v) is 6.29. The van der Waals surface area contributed by atoms with Crippen LogP contribution in [0.15, 0.2) is 0 Å². The molecule has 0 saturated heterocycles. The number of carboxylic acids is 2. The van der Waals surface area contributed by atoms with E-state index in [4.69, 9.17) is 15.9 Å². The zero-order valence-corrected chi connectivity index (χ0v) is 14.0. The number of rotatable bonds is 9. The fourth-order valence-corrected chi connectivity index (χ4v) is 1.41. The first-order valence-electron chi connectivity index (χ1n) is 5.66. The Morgan fingerprint density at radius 2 is 1.76 bits per heavy atom. The normalized spacial score (nSPS) is 12.5. The Morgan fingerprint density at radius 3 is 2.19 bits per heavy atom. The van der Waals surface area contributed by atoms with Crippen molar-refractivity contribution in [1.29, 1.82) is 0 Å². The molecule has 122 valence electrons. The molecule has 0 rings (SSSR count). The van der Waals surface area contributed by atoms with Gasteiger partial charge in [0.2, 0.25) is 11.8 Å². The van der Waals surface area contributed by atoms with Crippen molar-refractivity contribution in [3.63, 3.8) is 0 Å². The molecule has 9 nitrogen and oxygen atoms in total. The van der Waals surface area contributed by atoms with Gasteiger partial charge in [0, 0.05) is 12.2 Å². The van der Waals surface area contributed by atoms with E-state index in [0.29, 0.717) is 0 Å². The fourth-order valence-electron chi connectivity index (χ4n) is 1.16. The minimum atomic E-state index is -1.22. The van der Waals surface area contributed by atoms with Crippen molar-refractivity contribution in [2.24, 2.45) is 5.73 Å². The third-order valence-corrected chi connectivity index (χ3v) is 2.61. The molecule has 0 heterocycles. The predicted octanol–water partition coefficient (Wildman–Crippen LogP) is -3.12. The topological polar surface area (TPSA) is 159 Å². The maximum atomic E-state index is 11.5. The van der Waals surface area contributed by atoms with E-state index in [9.17, 15) is 19.2 Å². The Hall–Kier alpha value is -1.29. The van der Waals surface area contributed by atoms with Crippen LogP contribution in [0, 0.1) is 0 Å². The molecule has 0 radical (unpaired) electrons. The molecule has 0 aliphatic carbocycles. The van der Waals surface area contributed by atoms with Gasteiger partial charge in [0.15, 0.2) is 0 Å². The Labute approximate surface area is 136 Å². The van der Waals surface area contributed by atoms with Crippen molar-refractivity contribution in [3.05, 3.63) is 0 Å². The monoisotopic (exact) mass is 389 g/mol. The molecular formula is C10H19N3O6SSe. The first kappa shape index (κ1) is 22.0. The van der Waals surface area contributed by atoms with Crippen LogP contribution >= 0.6 is 12.6 Å². The minimum absolute atomic E-state index is 0. The third-order valence-electron chi connectivity index (χ3n) is 2.25. The van der Waals surface area contributed by atoms with Crippen LogP contribution in [-0.4, -0.2) is 75.4 Å². The zero-order valence-electron chi connectivity index (χ0n) is 11.0. The van der Waals surface area contributed by atoms with Crippen molar-refractivity contribution < 1.29 is 29.4 Å². The average molecular weight is 388 g/mol. The number of aliphatic carboxylic acids is 2. The molecule has 0 fully saturated rings. The van der Waals surface area contributed by atoms with Crippen molar-refractivity contribution in [2.45, 2.75) is 24.9 Å². The molecule has 0 aliphatic heterocycles. The molecule has 6 N–H and O–H groups in total. The Balaban J connectivity index is 0. The molecule has 2 atom stereocenters. The second kappa shape index (κ2) is 11.4. The summed E-state index contributed by atoms with van der Waals surface area (Å²) in [6.07, 6.45) is -0.235. The van der Waals surface area contributed by atoms with Gasteiger partial charge in [-0.15, -0.1) is 0 Å². The summed E-state index contributed by atoms with van der Waals surface area (Å²) in [6.45, 7) is -0.567. The molecule has 0 saturated carbocycles. The predicted molar refractivity (Wildman–Crippen MR) is 79.8 cm³/mol. The second-order valence-corrected chi connectivity index (χ2v) is 4.26. The second-order valence-electron chi connectivity index (χ2n) is 3.90. The summed E-state index contributed by atoms with van der Waals surface area (Å²) in [5.41, 5.74) is 5.23. The van der Waals surface area contributed by atoms with Crippen LogP contribution in [0.2, 0.25) is 0 Å². The number of hydrogen-bond acceptors (Lipinski definition) is 6. The van der Waals surface area contributed by atoms with Gasteiger partial charge in [-0.1, -0.05) is 0 Å². The van der Waals surface area contributed by atoms with Crippen LogP contribution in [0.3, 0.4) is 0 Å². The Kier molecular flexibility index (Phi) is 11.9. The van der Waals surface area contributed by atoms with E-state index in [0.717, 1.165) is 0 Å². The summed E-state index contributed by atoms with van der Waals surface area (Å²) in [5, 5.41) is 21.4. The number of thiol groups is 1. The van der Waals surface area contributed by atoms with Crippen molar-refractivity contribution >= 4 is 53.5 Å². The summed E-state index contributed by atoms with van der Waals surface area (Å²) in [4.78, 5) is 43.7. The summed E-state index contributed by atoms with van der Waals surface area (Å²) >= 11 is 3.87.